The molecule has 0 aromatic carbocycles. The minimum Gasteiger partial charge on any atom is -0.480 e. The number of guanidine groups is 1. The number of carbonyl (C=O) groups is 4. The molecule has 14 heteroatoms. The summed E-state index contributed by atoms with van der Waals surface area (Å²) in [5.41, 5.74) is 16.1. The van der Waals surface area contributed by atoms with Crippen LogP contribution in [0.5, 0.6) is 0 Å². The smallest absolute Gasteiger partial charge is 0.327 e. The lowest BCUT2D eigenvalue weighted by Crippen LogP contribution is -2.57. The van der Waals surface area contributed by atoms with Crippen molar-refractivity contribution in [1.82, 2.24) is 15.5 Å². The third-order valence-electron chi connectivity index (χ3n) is 4.73. The van der Waals surface area contributed by atoms with Crippen LogP contribution in [0.15, 0.2) is 4.99 Å². The van der Waals surface area contributed by atoms with Gasteiger partial charge in [0.15, 0.2) is 5.96 Å². The molecular formula is C17H31N7O6S. The number of aliphatic carboxylic acids is 1. The maximum atomic E-state index is 12.8. The lowest BCUT2D eigenvalue weighted by atomic mass is 10.1. The Hall–Kier alpha value is -2.58. The number of nitrogens with two attached hydrogens (primary N) is 3. The Morgan fingerprint density at radius 2 is 1.87 bits per heavy atom. The summed E-state index contributed by atoms with van der Waals surface area (Å²) in [6.07, 6.45) is 1.39. The van der Waals surface area contributed by atoms with Crippen LogP contribution < -0.4 is 27.8 Å². The van der Waals surface area contributed by atoms with Crippen LogP contribution in [0, 0.1) is 0 Å². The van der Waals surface area contributed by atoms with Gasteiger partial charge in [0.2, 0.25) is 17.7 Å². The van der Waals surface area contributed by atoms with Gasteiger partial charge in [0.1, 0.15) is 24.2 Å². The minimum atomic E-state index is -1.26. The Kier molecular flexibility index (Phi) is 11.1. The molecule has 0 aromatic rings. The lowest BCUT2D eigenvalue weighted by Gasteiger charge is -2.28. The molecule has 31 heavy (non-hydrogen) atoms. The standard InChI is InChI=1S/C17H31N7O6S/c18-9(7-25)15(28)24-6-2-4-12(24)14(27)22-10(3-1-5-21-17(19)20)13(26)23-11(8-31)16(29)30/h9-12,25,31H,1-8,18H2,(H,22,27)(H,23,26)(H,29,30)(H4,19,20,21). The fourth-order valence-corrected chi connectivity index (χ4v) is 3.34. The largest absolute Gasteiger partial charge is 0.480 e. The van der Waals surface area contributed by atoms with Crippen LogP contribution in [0.25, 0.3) is 0 Å². The van der Waals surface area contributed by atoms with Gasteiger partial charge in [-0.2, -0.15) is 12.6 Å². The van der Waals surface area contributed by atoms with Crippen molar-refractivity contribution in [2.45, 2.75) is 49.9 Å². The summed E-state index contributed by atoms with van der Waals surface area (Å²) in [6.45, 7) is -0.0528. The lowest BCUT2D eigenvalue weighted by molar-refractivity contribution is -0.142. The fraction of sp³-hybridized carbons (Fsp3) is 0.706. The molecule has 0 aromatic heterocycles. The molecule has 1 saturated heterocycles. The number of carboxylic acid groups (broad SMARTS) is 1. The highest BCUT2D eigenvalue weighted by Crippen LogP contribution is 2.19. The van der Waals surface area contributed by atoms with Crippen LogP contribution in [0.4, 0.5) is 0 Å². The molecule has 4 unspecified atom stereocenters. The number of aliphatic hydroxyl groups excluding tert-OH is 1. The van der Waals surface area contributed by atoms with E-state index in [0.717, 1.165) is 0 Å². The molecule has 0 saturated carbocycles. The van der Waals surface area contributed by atoms with Gasteiger partial charge in [0.05, 0.1) is 6.61 Å². The zero-order chi connectivity index (χ0) is 23.6. The first-order valence-electron chi connectivity index (χ1n) is 9.79. The van der Waals surface area contributed by atoms with Gasteiger partial charge in [0.25, 0.3) is 0 Å². The predicted molar refractivity (Wildman–Crippen MR) is 115 cm³/mol. The van der Waals surface area contributed by atoms with E-state index in [-0.39, 0.29) is 24.7 Å². The number of carboxylic acids is 1. The number of aliphatic imine (C=N–C) groups is 1. The van der Waals surface area contributed by atoms with Crippen molar-refractivity contribution in [2.24, 2.45) is 22.2 Å². The molecule has 0 aliphatic carbocycles. The second-order valence-corrected chi connectivity index (χ2v) is 7.44. The van der Waals surface area contributed by atoms with Crippen molar-refractivity contribution in [1.29, 1.82) is 0 Å². The molecule has 10 N–H and O–H groups in total. The highest BCUT2D eigenvalue weighted by molar-refractivity contribution is 7.80. The third kappa shape index (κ3) is 8.22. The van der Waals surface area contributed by atoms with Crippen LogP contribution >= 0.6 is 12.6 Å². The SMILES string of the molecule is NC(N)=NCCCC(NC(=O)C1CCCN1C(=O)C(N)CO)C(=O)NC(CS)C(=O)O. The van der Waals surface area contributed by atoms with Crippen LogP contribution in [0.1, 0.15) is 25.7 Å². The molecule has 1 aliphatic rings. The number of carbonyl (C=O) groups excluding carboxylic acids is 3. The van der Waals surface area contributed by atoms with Gasteiger partial charge >= 0.3 is 5.97 Å². The highest BCUT2D eigenvalue weighted by Gasteiger charge is 2.37. The normalized spacial score (nSPS) is 18.5. The van der Waals surface area contributed by atoms with Crippen LogP contribution in [0.2, 0.25) is 0 Å². The van der Waals surface area contributed by atoms with E-state index >= 15 is 0 Å². The van der Waals surface area contributed by atoms with E-state index in [2.05, 4.69) is 28.3 Å². The van der Waals surface area contributed by atoms with Crippen molar-refractivity contribution >= 4 is 42.3 Å². The van der Waals surface area contributed by atoms with Crippen molar-refractivity contribution in [3.05, 3.63) is 0 Å². The summed E-state index contributed by atoms with van der Waals surface area (Å²) in [7, 11) is 0. The maximum Gasteiger partial charge on any atom is 0.327 e. The molecule has 13 nitrogen and oxygen atoms in total. The average molecular weight is 462 g/mol. The van der Waals surface area contributed by atoms with E-state index in [1.165, 1.54) is 4.90 Å². The zero-order valence-electron chi connectivity index (χ0n) is 17.1. The molecule has 3 amide bonds. The molecular weight excluding hydrogens is 430 g/mol. The zero-order valence-corrected chi connectivity index (χ0v) is 18.0. The molecule has 1 fully saturated rings. The monoisotopic (exact) mass is 461 g/mol. The second kappa shape index (κ2) is 13.0. The minimum absolute atomic E-state index is 0.119. The molecule has 1 rings (SSSR count). The van der Waals surface area contributed by atoms with Crippen molar-refractivity contribution in [3.63, 3.8) is 0 Å². The first-order chi connectivity index (χ1) is 14.6. The number of nitrogens with one attached hydrogen (secondary N) is 2. The number of thiol groups is 1. The molecule has 1 aliphatic heterocycles. The molecule has 4 atom stereocenters. The number of likely N-dealkylation sites (tertiary alicyclic amines) is 1. The number of nitrogens with zero attached hydrogens (tertiary/aromatic N) is 2. The summed E-state index contributed by atoms with van der Waals surface area (Å²) in [6, 6.07) is -4.30. The molecule has 0 spiro atoms. The van der Waals surface area contributed by atoms with Crippen molar-refractivity contribution < 1.29 is 29.4 Å². The van der Waals surface area contributed by atoms with E-state index < -0.39 is 54.5 Å². The van der Waals surface area contributed by atoms with E-state index in [1.54, 1.807) is 0 Å². The van der Waals surface area contributed by atoms with Gasteiger partial charge in [-0.15, -0.1) is 0 Å². The number of hydrogen-bond donors (Lipinski definition) is 8. The Balaban J connectivity index is 2.89. The second-order valence-electron chi connectivity index (χ2n) is 7.07. The summed E-state index contributed by atoms with van der Waals surface area (Å²) in [5, 5.41) is 23.1. The maximum absolute atomic E-state index is 12.8. The fourth-order valence-electron chi connectivity index (χ4n) is 3.09. The molecule has 176 valence electrons. The van der Waals surface area contributed by atoms with Gasteiger partial charge in [-0.05, 0) is 25.7 Å². The summed E-state index contributed by atoms with van der Waals surface area (Å²) in [4.78, 5) is 54.0. The Labute approximate surface area is 185 Å². The molecule has 0 radical (unpaired) electrons. The van der Waals surface area contributed by atoms with Crippen molar-refractivity contribution in [3.8, 4) is 0 Å². The van der Waals surface area contributed by atoms with E-state index in [0.29, 0.717) is 25.8 Å². The first-order valence-corrected chi connectivity index (χ1v) is 10.4. The Morgan fingerprint density at radius 3 is 2.42 bits per heavy atom. The van der Waals surface area contributed by atoms with E-state index in [9.17, 15) is 19.2 Å². The summed E-state index contributed by atoms with van der Waals surface area (Å²) < 4.78 is 0. The molecule has 1 heterocycles. The number of aliphatic hydroxyl groups is 1. The molecule has 0 bridgehead atoms. The van der Waals surface area contributed by atoms with Gasteiger partial charge in [-0.1, -0.05) is 0 Å². The average Bonchev–Trinajstić information content (AvgIpc) is 3.22. The number of hydrogen-bond acceptors (Lipinski definition) is 8. The van der Waals surface area contributed by atoms with E-state index in [1.807, 2.05) is 0 Å². The first kappa shape index (κ1) is 26.5. The summed E-state index contributed by atoms with van der Waals surface area (Å²) in [5.74, 6) is -3.36. The number of amides is 3. The third-order valence-corrected chi connectivity index (χ3v) is 5.09. The van der Waals surface area contributed by atoms with Gasteiger partial charge in [-0.3, -0.25) is 19.4 Å². The Morgan fingerprint density at radius 1 is 1.19 bits per heavy atom. The van der Waals surface area contributed by atoms with Crippen LogP contribution in [-0.2, 0) is 19.2 Å². The van der Waals surface area contributed by atoms with Crippen LogP contribution in [0.3, 0.4) is 0 Å². The van der Waals surface area contributed by atoms with Crippen molar-refractivity contribution in [2.75, 3.05) is 25.4 Å². The van der Waals surface area contributed by atoms with Gasteiger partial charge < -0.3 is 42.9 Å². The van der Waals surface area contributed by atoms with Gasteiger partial charge in [0, 0.05) is 18.8 Å². The van der Waals surface area contributed by atoms with Crippen LogP contribution in [-0.4, -0.2) is 94.4 Å². The quantitative estimate of drug-likeness (QED) is 0.0619. The topological polar surface area (TPSA) is 226 Å². The highest BCUT2D eigenvalue weighted by atomic mass is 32.1. The van der Waals surface area contributed by atoms with Gasteiger partial charge in [-0.25, -0.2) is 4.79 Å². The predicted octanol–water partition coefficient (Wildman–Crippen LogP) is -3.67. The van der Waals surface area contributed by atoms with E-state index in [4.69, 9.17) is 27.4 Å². The Bertz CT molecular complexity index is 688. The summed E-state index contributed by atoms with van der Waals surface area (Å²) >= 11 is 3.90. The number of rotatable bonds is 12.